The first-order valence-electron chi connectivity index (χ1n) is 6.83. The molecule has 0 aliphatic carbocycles. The standard InChI is InChI=1S/C16H18N2O3/c1-4-13-6-5-7-14(10-13)17-15(19)16(20)18-8-9-21-12(3)11(18)2/h1,5-7,10-12H,8-9H2,2-3H3,(H,17,19)/t11-,12-/m0/s1. The lowest BCUT2D eigenvalue weighted by Gasteiger charge is -2.37. The van der Waals surface area contributed by atoms with Gasteiger partial charge in [0, 0.05) is 17.8 Å². The molecule has 0 radical (unpaired) electrons. The van der Waals surface area contributed by atoms with Gasteiger partial charge in [-0.3, -0.25) is 9.59 Å². The summed E-state index contributed by atoms with van der Waals surface area (Å²) in [5.41, 5.74) is 1.16. The van der Waals surface area contributed by atoms with Gasteiger partial charge in [-0.1, -0.05) is 12.0 Å². The summed E-state index contributed by atoms with van der Waals surface area (Å²) in [5, 5.41) is 2.58. The first-order chi connectivity index (χ1) is 10.0. The highest BCUT2D eigenvalue weighted by Gasteiger charge is 2.32. The van der Waals surface area contributed by atoms with Crippen molar-refractivity contribution in [2.24, 2.45) is 0 Å². The van der Waals surface area contributed by atoms with Gasteiger partial charge < -0.3 is 15.0 Å². The van der Waals surface area contributed by atoms with Crippen LogP contribution in [0.1, 0.15) is 19.4 Å². The SMILES string of the molecule is C#Cc1cccc(NC(=O)C(=O)N2CCO[C@@H](C)[C@@H]2C)c1. The van der Waals surface area contributed by atoms with Crippen LogP contribution in [0.4, 0.5) is 5.69 Å². The van der Waals surface area contributed by atoms with Crippen LogP contribution in [-0.2, 0) is 14.3 Å². The van der Waals surface area contributed by atoms with E-state index in [1.807, 2.05) is 13.8 Å². The molecule has 21 heavy (non-hydrogen) atoms. The van der Waals surface area contributed by atoms with Crippen LogP contribution in [0.25, 0.3) is 0 Å². The first-order valence-corrected chi connectivity index (χ1v) is 6.83. The van der Waals surface area contributed by atoms with E-state index < -0.39 is 11.8 Å². The Kier molecular flexibility index (Phi) is 4.61. The molecule has 0 unspecified atom stereocenters. The number of hydrogen-bond acceptors (Lipinski definition) is 3. The maximum Gasteiger partial charge on any atom is 0.313 e. The summed E-state index contributed by atoms with van der Waals surface area (Å²) in [6.45, 7) is 4.62. The van der Waals surface area contributed by atoms with Gasteiger partial charge in [0.15, 0.2) is 0 Å². The Morgan fingerprint density at radius 2 is 2.19 bits per heavy atom. The van der Waals surface area contributed by atoms with Crippen LogP contribution in [0, 0.1) is 12.3 Å². The molecule has 0 bridgehead atoms. The maximum atomic E-state index is 12.2. The van der Waals surface area contributed by atoms with Crippen molar-refractivity contribution in [2.45, 2.75) is 26.0 Å². The molecule has 1 aliphatic rings. The first kappa shape index (κ1) is 15.1. The van der Waals surface area contributed by atoms with Crippen molar-refractivity contribution in [3.63, 3.8) is 0 Å². The normalized spacial score (nSPS) is 21.5. The minimum atomic E-state index is -0.662. The van der Waals surface area contributed by atoms with E-state index in [1.54, 1.807) is 24.3 Å². The molecule has 1 saturated heterocycles. The molecule has 1 N–H and O–H groups in total. The Hall–Kier alpha value is -2.32. The zero-order valence-electron chi connectivity index (χ0n) is 12.1. The highest BCUT2D eigenvalue weighted by Crippen LogP contribution is 2.15. The van der Waals surface area contributed by atoms with Crippen LogP contribution in [0.3, 0.4) is 0 Å². The molecule has 1 aromatic rings. The third kappa shape index (κ3) is 3.41. The van der Waals surface area contributed by atoms with Crippen LogP contribution in [0.15, 0.2) is 24.3 Å². The quantitative estimate of drug-likeness (QED) is 0.624. The second-order valence-corrected chi connectivity index (χ2v) is 4.99. The van der Waals surface area contributed by atoms with E-state index in [4.69, 9.17) is 11.2 Å². The average molecular weight is 286 g/mol. The van der Waals surface area contributed by atoms with E-state index in [9.17, 15) is 9.59 Å². The Bertz CT molecular complexity index is 591. The van der Waals surface area contributed by atoms with Crippen molar-refractivity contribution in [2.75, 3.05) is 18.5 Å². The number of anilines is 1. The van der Waals surface area contributed by atoms with Gasteiger partial charge in [0.1, 0.15) is 0 Å². The number of carbonyl (C=O) groups excluding carboxylic acids is 2. The predicted molar refractivity (Wildman–Crippen MR) is 79.6 cm³/mol. The molecule has 5 nitrogen and oxygen atoms in total. The van der Waals surface area contributed by atoms with Crippen LogP contribution >= 0.6 is 0 Å². The van der Waals surface area contributed by atoms with E-state index >= 15 is 0 Å². The molecule has 1 fully saturated rings. The smallest absolute Gasteiger partial charge is 0.313 e. The lowest BCUT2D eigenvalue weighted by atomic mass is 10.1. The zero-order valence-corrected chi connectivity index (χ0v) is 12.1. The monoisotopic (exact) mass is 286 g/mol. The third-order valence-electron chi connectivity index (χ3n) is 3.63. The van der Waals surface area contributed by atoms with Crippen molar-refractivity contribution in [1.82, 2.24) is 4.90 Å². The summed E-state index contributed by atoms with van der Waals surface area (Å²) in [7, 11) is 0. The van der Waals surface area contributed by atoms with Crippen LogP contribution in [0.2, 0.25) is 0 Å². The Labute approximate surface area is 124 Å². The predicted octanol–water partition coefficient (Wildman–Crippen LogP) is 1.24. The third-order valence-corrected chi connectivity index (χ3v) is 3.63. The number of nitrogens with zero attached hydrogens (tertiary/aromatic N) is 1. The minimum Gasteiger partial charge on any atom is -0.375 e. The molecule has 0 saturated carbocycles. The van der Waals surface area contributed by atoms with Gasteiger partial charge in [0.2, 0.25) is 0 Å². The Morgan fingerprint density at radius 3 is 2.90 bits per heavy atom. The van der Waals surface area contributed by atoms with Gasteiger partial charge in [0.05, 0.1) is 18.8 Å². The highest BCUT2D eigenvalue weighted by molar-refractivity contribution is 6.39. The van der Waals surface area contributed by atoms with E-state index in [-0.39, 0.29) is 12.1 Å². The molecule has 2 amide bonds. The average Bonchev–Trinajstić information content (AvgIpc) is 2.49. The van der Waals surface area contributed by atoms with E-state index in [1.165, 1.54) is 4.90 Å². The van der Waals surface area contributed by atoms with E-state index in [0.717, 1.165) is 0 Å². The maximum absolute atomic E-state index is 12.2. The number of benzene rings is 1. The van der Waals surface area contributed by atoms with Gasteiger partial charge in [-0.25, -0.2) is 0 Å². The molecule has 0 aromatic heterocycles. The summed E-state index contributed by atoms with van der Waals surface area (Å²) in [5.74, 6) is 1.27. The lowest BCUT2D eigenvalue weighted by molar-refractivity contribution is -0.152. The number of rotatable bonds is 1. The molecule has 1 aromatic carbocycles. The number of hydrogen-bond donors (Lipinski definition) is 1. The van der Waals surface area contributed by atoms with Gasteiger partial charge in [-0.05, 0) is 32.0 Å². The fourth-order valence-electron chi connectivity index (χ4n) is 2.22. The molecule has 5 heteroatoms. The van der Waals surface area contributed by atoms with Gasteiger partial charge >= 0.3 is 11.8 Å². The number of amides is 2. The summed E-state index contributed by atoms with van der Waals surface area (Å²) < 4.78 is 5.45. The largest absolute Gasteiger partial charge is 0.375 e. The van der Waals surface area contributed by atoms with Crippen LogP contribution < -0.4 is 5.32 Å². The second-order valence-electron chi connectivity index (χ2n) is 4.99. The van der Waals surface area contributed by atoms with Crippen molar-refractivity contribution in [3.05, 3.63) is 29.8 Å². The molecule has 1 heterocycles. The summed E-state index contributed by atoms with van der Waals surface area (Å²) >= 11 is 0. The summed E-state index contributed by atoms with van der Waals surface area (Å²) in [6, 6.07) is 6.69. The van der Waals surface area contributed by atoms with Crippen molar-refractivity contribution >= 4 is 17.5 Å². The van der Waals surface area contributed by atoms with E-state index in [2.05, 4.69) is 11.2 Å². The molecule has 1 aliphatic heterocycles. The van der Waals surface area contributed by atoms with Crippen LogP contribution in [0.5, 0.6) is 0 Å². The van der Waals surface area contributed by atoms with Crippen LogP contribution in [-0.4, -0.2) is 42.0 Å². The summed E-state index contributed by atoms with van der Waals surface area (Å²) in [6.07, 6.45) is 5.22. The van der Waals surface area contributed by atoms with E-state index in [0.29, 0.717) is 24.4 Å². The lowest BCUT2D eigenvalue weighted by Crippen LogP contribution is -2.54. The second kappa shape index (κ2) is 6.42. The fraction of sp³-hybridized carbons (Fsp3) is 0.375. The molecule has 2 atom stereocenters. The Balaban J connectivity index is 2.05. The molecule has 0 spiro atoms. The van der Waals surface area contributed by atoms with Crippen molar-refractivity contribution in [3.8, 4) is 12.3 Å². The van der Waals surface area contributed by atoms with Crippen molar-refractivity contribution in [1.29, 1.82) is 0 Å². The number of carbonyl (C=O) groups is 2. The molecular formula is C16H18N2O3. The number of ether oxygens (including phenoxy) is 1. The highest BCUT2D eigenvalue weighted by atomic mass is 16.5. The fourth-order valence-corrected chi connectivity index (χ4v) is 2.22. The number of terminal acetylenes is 1. The molecule has 110 valence electrons. The number of nitrogens with one attached hydrogen (secondary N) is 1. The molecule has 2 rings (SSSR count). The zero-order chi connectivity index (χ0) is 15.4. The molecular weight excluding hydrogens is 268 g/mol. The van der Waals surface area contributed by atoms with Gasteiger partial charge in [-0.2, -0.15) is 0 Å². The Morgan fingerprint density at radius 1 is 1.43 bits per heavy atom. The number of morpholine rings is 1. The summed E-state index contributed by atoms with van der Waals surface area (Å²) in [4.78, 5) is 25.8. The van der Waals surface area contributed by atoms with Crippen molar-refractivity contribution < 1.29 is 14.3 Å². The van der Waals surface area contributed by atoms with Gasteiger partial charge in [0.25, 0.3) is 0 Å². The topological polar surface area (TPSA) is 58.6 Å². The minimum absolute atomic E-state index is 0.0831. The van der Waals surface area contributed by atoms with Gasteiger partial charge in [-0.15, -0.1) is 6.42 Å².